The van der Waals surface area contributed by atoms with E-state index in [0.29, 0.717) is 11.4 Å². The van der Waals surface area contributed by atoms with E-state index in [4.69, 9.17) is 11.6 Å². The molecule has 0 spiro atoms. The molecule has 0 saturated carbocycles. The minimum absolute atomic E-state index is 0.117. The zero-order chi connectivity index (χ0) is 14.9. The van der Waals surface area contributed by atoms with Gasteiger partial charge < -0.3 is 4.90 Å². The fourth-order valence-electron chi connectivity index (χ4n) is 2.72. The highest BCUT2D eigenvalue weighted by Gasteiger charge is 2.40. The van der Waals surface area contributed by atoms with Gasteiger partial charge in [-0.15, -0.1) is 0 Å². The fraction of sp³-hybridized carbons (Fsp3) is 0.500. The normalized spacial score (nSPS) is 24.1. The van der Waals surface area contributed by atoms with Crippen LogP contribution < -0.4 is 0 Å². The van der Waals surface area contributed by atoms with Gasteiger partial charge >= 0.3 is 6.18 Å². The summed E-state index contributed by atoms with van der Waals surface area (Å²) in [4.78, 5) is 12.7. The number of nitrogens with zero attached hydrogens (tertiary/aromatic N) is 1. The van der Waals surface area contributed by atoms with Crippen molar-refractivity contribution < 1.29 is 18.0 Å². The summed E-state index contributed by atoms with van der Waals surface area (Å²) < 4.78 is 37.7. The highest BCUT2D eigenvalue weighted by Crippen LogP contribution is 2.35. The molecule has 1 aliphatic heterocycles. The number of carbonyl (C=O) groups excluding carboxylic acids is 1. The molecule has 110 valence electrons. The summed E-state index contributed by atoms with van der Waals surface area (Å²) >= 11 is 5.92. The Bertz CT molecular complexity index is 503. The van der Waals surface area contributed by atoms with Gasteiger partial charge in [-0.05, 0) is 31.0 Å². The molecule has 1 aromatic rings. The number of alkyl halides is 3. The number of halogens is 4. The number of rotatable bonds is 2. The summed E-state index contributed by atoms with van der Waals surface area (Å²) in [6.07, 6.45) is -3.69. The third-order valence-corrected chi connectivity index (χ3v) is 3.93. The molecule has 2 nitrogen and oxygen atoms in total. The highest BCUT2D eigenvalue weighted by atomic mass is 35.5. The van der Waals surface area contributed by atoms with Gasteiger partial charge in [0, 0.05) is 23.4 Å². The molecule has 0 aliphatic carbocycles. The van der Waals surface area contributed by atoms with Crippen LogP contribution in [0.25, 0.3) is 0 Å². The number of likely N-dealkylation sites (tertiary alicyclic amines) is 1. The zero-order valence-electron chi connectivity index (χ0n) is 11.0. The maximum atomic E-state index is 12.6. The lowest BCUT2D eigenvalue weighted by molar-refractivity contribution is -0.169. The predicted molar refractivity (Wildman–Crippen MR) is 70.7 cm³/mol. The Hall–Kier alpha value is -1.23. The molecule has 1 saturated heterocycles. The standard InChI is InChI=1S/C14H15ClF3NO/c1-9-12(10-3-2-4-11(15)7-10)5-6-13(20)19(9)8-14(16,17)18/h2-4,7,9,12H,5-6,8H2,1H3. The quantitative estimate of drug-likeness (QED) is 0.809. The van der Waals surface area contributed by atoms with Gasteiger partial charge in [0.05, 0.1) is 0 Å². The average Bonchev–Trinajstić information content (AvgIpc) is 2.33. The van der Waals surface area contributed by atoms with Crippen molar-refractivity contribution in [1.29, 1.82) is 0 Å². The van der Waals surface area contributed by atoms with Gasteiger partial charge in [-0.1, -0.05) is 23.7 Å². The minimum atomic E-state index is -4.37. The van der Waals surface area contributed by atoms with Crippen LogP contribution in [0.15, 0.2) is 24.3 Å². The smallest absolute Gasteiger partial charge is 0.330 e. The second-order valence-corrected chi connectivity index (χ2v) is 5.51. The van der Waals surface area contributed by atoms with Gasteiger partial charge in [-0.2, -0.15) is 13.2 Å². The Balaban J connectivity index is 2.22. The fourth-order valence-corrected chi connectivity index (χ4v) is 2.91. The van der Waals surface area contributed by atoms with Crippen molar-refractivity contribution in [3.8, 4) is 0 Å². The molecule has 1 aromatic carbocycles. The van der Waals surface area contributed by atoms with Crippen molar-refractivity contribution in [2.75, 3.05) is 6.54 Å². The number of benzene rings is 1. The number of hydrogen-bond donors (Lipinski definition) is 0. The van der Waals surface area contributed by atoms with Crippen LogP contribution in [0.1, 0.15) is 31.2 Å². The summed E-state index contributed by atoms with van der Waals surface area (Å²) in [5.74, 6) is -0.554. The lowest BCUT2D eigenvalue weighted by atomic mass is 9.84. The van der Waals surface area contributed by atoms with Gasteiger partial charge in [0.15, 0.2) is 0 Å². The van der Waals surface area contributed by atoms with Crippen LogP contribution in [-0.4, -0.2) is 29.6 Å². The van der Waals surface area contributed by atoms with Crippen molar-refractivity contribution in [3.05, 3.63) is 34.9 Å². The van der Waals surface area contributed by atoms with E-state index in [1.54, 1.807) is 25.1 Å². The summed E-state index contributed by atoms with van der Waals surface area (Å²) in [6, 6.07) is 6.60. The third kappa shape index (κ3) is 3.45. The van der Waals surface area contributed by atoms with Crippen molar-refractivity contribution in [2.24, 2.45) is 0 Å². The monoisotopic (exact) mass is 305 g/mol. The van der Waals surface area contributed by atoms with Crippen molar-refractivity contribution in [2.45, 2.75) is 37.9 Å². The van der Waals surface area contributed by atoms with Crippen molar-refractivity contribution in [1.82, 2.24) is 4.90 Å². The summed E-state index contributed by atoms with van der Waals surface area (Å²) in [6.45, 7) is 0.471. The van der Waals surface area contributed by atoms with E-state index in [1.807, 2.05) is 6.07 Å². The van der Waals surface area contributed by atoms with Gasteiger partial charge in [0.1, 0.15) is 6.54 Å². The SMILES string of the molecule is CC1C(c2cccc(Cl)c2)CCC(=O)N1CC(F)(F)F. The largest absolute Gasteiger partial charge is 0.406 e. The van der Waals surface area contributed by atoms with Gasteiger partial charge in [0.2, 0.25) is 5.91 Å². The molecule has 20 heavy (non-hydrogen) atoms. The van der Waals surface area contributed by atoms with Gasteiger partial charge in [-0.25, -0.2) is 0 Å². The van der Waals surface area contributed by atoms with E-state index >= 15 is 0 Å². The van der Waals surface area contributed by atoms with Crippen LogP contribution in [-0.2, 0) is 4.79 Å². The first-order valence-electron chi connectivity index (χ1n) is 6.39. The topological polar surface area (TPSA) is 20.3 Å². The molecule has 0 radical (unpaired) electrons. The lowest BCUT2D eigenvalue weighted by Gasteiger charge is -2.39. The molecular weight excluding hydrogens is 291 g/mol. The van der Waals surface area contributed by atoms with E-state index in [9.17, 15) is 18.0 Å². The van der Waals surface area contributed by atoms with Crippen LogP contribution in [0.5, 0.6) is 0 Å². The van der Waals surface area contributed by atoms with Crippen LogP contribution >= 0.6 is 11.6 Å². The zero-order valence-corrected chi connectivity index (χ0v) is 11.7. The number of carbonyl (C=O) groups is 1. The number of amides is 1. The average molecular weight is 306 g/mol. The summed E-state index contributed by atoms with van der Waals surface area (Å²) in [5, 5.41) is 0.550. The molecule has 6 heteroatoms. The highest BCUT2D eigenvalue weighted by molar-refractivity contribution is 6.30. The molecular formula is C14H15ClF3NO. The maximum absolute atomic E-state index is 12.6. The Morgan fingerprint density at radius 2 is 2.10 bits per heavy atom. The minimum Gasteiger partial charge on any atom is -0.330 e. The first-order chi connectivity index (χ1) is 9.28. The molecule has 2 atom stereocenters. The van der Waals surface area contributed by atoms with Crippen LogP contribution in [0.2, 0.25) is 5.02 Å². The van der Waals surface area contributed by atoms with Crippen LogP contribution in [0.4, 0.5) is 13.2 Å². The molecule has 0 bridgehead atoms. The van der Waals surface area contributed by atoms with Gasteiger partial charge in [-0.3, -0.25) is 4.79 Å². The Labute approximate surface area is 120 Å². The molecule has 0 aromatic heterocycles. The summed E-state index contributed by atoms with van der Waals surface area (Å²) in [5.41, 5.74) is 0.879. The first-order valence-corrected chi connectivity index (χ1v) is 6.77. The Kier molecular flexibility index (Phi) is 4.28. The second-order valence-electron chi connectivity index (χ2n) is 5.08. The van der Waals surface area contributed by atoms with E-state index in [1.165, 1.54) is 0 Å². The van der Waals surface area contributed by atoms with E-state index < -0.39 is 24.7 Å². The molecule has 1 fully saturated rings. The molecule has 0 N–H and O–H groups in total. The van der Waals surface area contributed by atoms with Crippen LogP contribution in [0, 0.1) is 0 Å². The summed E-state index contributed by atoms with van der Waals surface area (Å²) in [7, 11) is 0. The molecule has 1 aliphatic rings. The molecule has 1 amide bonds. The number of piperidine rings is 1. The molecule has 2 rings (SSSR count). The lowest BCUT2D eigenvalue weighted by Crippen LogP contribution is -2.49. The molecule has 2 unspecified atom stereocenters. The maximum Gasteiger partial charge on any atom is 0.406 e. The Morgan fingerprint density at radius 3 is 2.70 bits per heavy atom. The number of hydrogen-bond acceptors (Lipinski definition) is 1. The van der Waals surface area contributed by atoms with Crippen LogP contribution in [0.3, 0.4) is 0 Å². The van der Waals surface area contributed by atoms with E-state index in [2.05, 4.69) is 0 Å². The van der Waals surface area contributed by atoms with Gasteiger partial charge in [0.25, 0.3) is 0 Å². The second kappa shape index (κ2) is 5.64. The van der Waals surface area contributed by atoms with Crippen molar-refractivity contribution >= 4 is 17.5 Å². The predicted octanol–water partition coefficient (Wildman–Crippen LogP) is 4.00. The Morgan fingerprint density at radius 1 is 1.40 bits per heavy atom. The van der Waals surface area contributed by atoms with E-state index in [0.717, 1.165) is 10.5 Å². The first kappa shape index (κ1) is 15.2. The van der Waals surface area contributed by atoms with Crippen molar-refractivity contribution in [3.63, 3.8) is 0 Å². The molecule has 1 heterocycles. The van der Waals surface area contributed by atoms with E-state index in [-0.39, 0.29) is 12.3 Å². The third-order valence-electron chi connectivity index (χ3n) is 3.69.